The van der Waals surface area contributed by atoms with Gasteiger partial charge >= 0.3 is 6.03 Å². The Kier molecular flexibility index (Phi) is 4.31. The van der Waals surface area contributed by atoms with Crippen molar-refractivity contribution in [2.45, 2.75) is 18.9 Å². The molecule has 0 aromatic heterocycles. The third-order valence-corrected chi connectivity index (χ3v) is 5.11. The predicted molar refractivity (Wildman–Crippen MR) is 105 cm³/mol. The zero-order chi connectivity index (χ0) is 19.7. The number of hydrogen-bond donors (Lipinski definition) is 2. The molecule has 4 rings (SSSR count). The summed E-state index contributed by atoms with van der Waals surface area (Å²) in [7, 11) is 0. The summed E-state index contributed by atoms with van der Waals surface area (Å²) < 4.78 is 0. The van der Waals surface area contributed by atoms with Crippen molar-refractivity contribution in [1.82, 2.24) is 15.8 Å². The van der Waals surface area contributed by atoms with E-state index in [0.29, 0.717) is 17.5 Å². The maximum absolute atomic E-state index is 13.1. The molecule has 0 bridgehead atoms. The standard InChI is InChI=1S/C22H19N3O3/c1-2-22(18-10-4-3-5-11-18)20(27)25(21(28)23-22)24-19(26)17-13-12-15-8-6-7-9-16(15)14-17/h3-14H,2H2,1H3,(H,23,28)(H,24,26). The molecule has 1 unspecified atom stereocenters. The Bertz CT molecular complexity index is 1080. The summed E-state index contributed by atoms with van der Waals surface area (Å²) in [5, 5.41) is 5.42. The molecule has 1 fully saturated rings. The van der Waals surface area contributed by atoms with Crippen LogP contribution in [0.15, 0.2) is 72.8 Å². The van der Waals surface area contributed by atoms with Crippen molar-refractivity contribution in [2.24, 2.45) is 0 Å². The van der Waals surface area contributed by atoms with Crippen LogP contribution in [-0.4, -0.2) is 22.9 Å². The highest BCUT2D eigenvalue weighted by molar-refractivity contribution is 6.10. The zero-order valence-electron chi connectivity index (χ0n) is 15.3. The Balaban J connectivity index is 1.61. The molecule has 0 aliphatic carbocycles. The number of carbonyl (C=O) groups is 3. The van der Waals surface area contributed by atoms with E-state index >= 15 is 0 Å². The Morgan fingerprint density at radius 2 is 1.64 bits per heavy atom. The van der Waals surface area contributed by atoms with Gasteiger partial charge in [0.1, 0.15) is 5.54 Å². The lowest BCUT2D eigenvalue weighted by atomic mass is 9.87. The first-order valence-corrected chi connectivity index (χ1v) is 9.07. The van der Waals surface area contributed by atoms with Gasteiger partial charge in [0.15, 0.2) is 0 Å². The number of fused-ring (bicyclic) bond motifs is 1. The molecule has 0 saturated carbocycles. The summed E-state index contributed by atoms with van der Waals surface area (Å²) in [6.07, 6.45) is 0.365. The fourth-order valence-electron chi connectivity index (χ4n) is 3.54. The highest BCUT2D eigenvalue weighted by atomic mass is 16.2. The average Bonchev–Trinajstić information content (AvgIpc) is 2.99. The summed E-state index contributed by atoms with van der Waals surface area (Å²) in [5.74, 6) is -1.02. The molecule has 3 aromatic rings. The third kappa shape index (κ3) is 2.79. The first kappa shape index (κ1) is 17.7. The maximum Gasteiger partial charge on any atom is 0.344 e. The van der Waals surface area contributed by atoms with Crippen LogP contribution < -0.4 is 10.7 Å². The maximum atomic E-state index is 13.1. The van der Waals surface area contributed by atoms with Crippen LogP contribution in [0.25, 0.3) is 10.8 Å². The van der Waals surface area contributed by atoms with Gasteiger partial charge in [0.2, 0.25) is 0 Å². The van der Waals surface area contributed by atoms with Crippen molar-refractivity contribution in [3.05, 3.63) is 83.9 Å². The molecule has 1 atom stereocenters. The highest BCUT2D eigenvalue weighted by Crippen LogP contribution is 2.31. The molecular weight excluding hydrogens is 354 g/mol. The molecule has 1 saturated heterocycles. The molecule has 28 heavy (non-hydrogen) atoms. The van der Waals surface area contributed by atoms with E-state index < -0.39 is 23.4 Å². The Labute approximate surface area is 162 Å². The molecule has 1 aliphatic rings. The quantitative estimate of drug-likeness (QED) is 0.689. The smallest absolute Gasteiger partial charge is 0.318 e. The molecule has 2 N–H and O–H groups in total. The number of urea groups is 1. The van der Waals surface area contributed by atoms with Crippen LogP contribution in [0.3, 0.4) is 0 Å². The number of carbonyl (C=O) groups excluding carboxylic acids is 3. The van der Waals surface area contributed by atoms with Crippen molar-refractivity contribution in [1.29, 1.82) is 0 Å². The Morgan fingerprint density at radius 1 is 0.964 bits per heavy atom. The number of imide groups is 1. The predicted octanol–water partition coefficient (Wildman–Crippen LogP) is 3.34. The Morgan fingerprint density at radius 3 is 2.36 bits per heavy atom. The highest BCUT2D eigenvalue weighted by Gasteiger charge is 2.52. The number of benzene rings is 3. The SMILES string of the molecule is CCC1(c2ccccc2)NC(=O)N(NC(=O)c2ccc3ccccc3c2)C1=O. The molecule has 0 radical (unpaired) electrons. The first-order valence-electron chi connectivity index (χ1n) is 9.07. The van der Waals surface area contributed by atoms with Crippen molar-refractivity contribution in [3.63, 3.8) is 0 Å². The molecule has 6 nitrogen and oxygen atoms in total. The fraction of sp³-hybridized carbons (Fsp3) is 0.136. The summed E-state index contributed by atoms with van der Waals surface area (Å²) in [6.45, 7) is 1.82. The molecule has 1 aliphatic heterocycles. The molecule has 4 amide bonds. The minimum Gasteiger partial charge on any atom is -0.318 e. The van der Waals surface area contributed by atoms with E-state index in [-0.39, 0.29) is 0 Å². The summed E-state index contributed by atoms with van der Waals surface area (Å²) in [6, 6.07) is 21.3. The second-order valence-corrected chi connectivity index (χ2v) is 6.70. The van der Waals surface area contributed by atoms with Gasteiger partial charge in [-0.05, 0) is 34.9 Å². The van der Waals surface area contributed by atoms with Crippen LogP contribution >= 0.6 is 0 Å². The van der Waals surface area contributed by atoms with Crippen LogP contribution in [0, 0.1) is 0 Å². The first-order chi connectivity index (χ1) is 13.5. The van der Waals surface area contributed by atoms with Crippen LogP contribution in [0.1, 0.15) is 29.3 Å². The van der Waals surface area contributed by atoms with Crippen LogP contribution in [0.5, 0.6) is 0 Å². The Hall–Kier alpha value is -3.67. The van der Waals surface area contributed by atoms with E-state index in [0.717, 1.165) is 15.8 Å². The molecular formula is C22H19N3O3. The van der Waals surface area contributed by atoms with E-state index in [4.69, 9.17) is 0 Å². The van der Waals surface area contributed by atoms with Crippen molar-refractivity contribution in [2.75, 3.05) is 0 Å². The number of rotatable bonds is 4. The van der Waals surface area contributed by atoms with E-state index in [1.807, 2.05) is 55.5 Å². The van der Waals surface area contributed by atoms with Gasteiger partial charge in [-0.25, -0.2) is 4.79 Å². The monoisotopic (exact) mass is 373 g/mol. The van der Waals surface area contributed by atoms with Crippen LogP contribution in [0.2, 0.25) is 0 Å². The lowest BCUT2D eigenvalue weighted by Crippen LogP contribution is -2.48. The van der Waals surface area contributed by atoms with E-state index in [1.165, 1.54) is 0 Å². The van der Waals surface area contributed by atoms with Crippen molar-refractivity contribution < 1.29 is 14.4 Å². The number of amides is 4. The normalized spacial score (nSPS) is 19.0. The minimum absolute atomic E-state index is 0.365. The topological polar surface area (TPSA) is 78.5 Å². The van der Waals surface area contributed by atoms with Gasteiger partial charge in [0, 0.05) is 5.56 Å². The van der Waals surface area contributed by atoms with Gasteiger partial charge in [-0.3, -0.25) is 15.0 Å². The largest absolute Gasteiger partial charge is 0.344 e. The number of nitrogens with one attached hydrogen (secondary N) is 2. The van der Waals surface area contributed by atoms with Crippen molar-refractivity contribution >= 4 is 28.6 Å². The van der Waals surface area contributed by atoms with Gasteiger partial charge in [-0.2, -0.15) is 5.01 Å². The average molecular weight is 373 g/mol. The van der Waals surface area contributed by atoms with Gasteiger partial charge in [-0.15, -0.1) is 0 Å². The summed E-state index contributed by atoms with van der Waals surface area (Å²) in [5.41, 5.74) is 2.31. The fourth-order valence-corrected chi connectivity index (χ4v) is 3.54. The molecule has 6 heteroatoms. The van der Waals surface area contributed by atoms with E-state index in [1.54, 1.807) is 24.3 Å². The second kappa shape index (κ2) is 6.81. The van der Waals surface area contributed by atoms with E-state index in [2.05, 4.69) is 10.7 Å². The van der Waals surface area contributed by atoms with Gasteiger partial charge in [0.05, 0.1) is 0 Å². The molecule has 3 aromatic carbocycles. The van der Waals surface area contributed by atoms with Crippen LogP contribution in [-0.2, 0) is 10.3 Å². The lowest BCUT2D eigenvalue weighted by Gasteiger charge is -2.25. The zero-order valence-corrected chi connectivity index (χ0v) is 15.3. The minimum atomic E-state index is -1.19. The van der Waals surface area contributed by atoms with Crippen LogP contribution in [0.4, 0.5) is 4.79 Å². The van der Waals surface area contributed by atoms with Gasteiger partial charge in [-0.1, -0.05) is 67.6 Å². The van der Waals surface area contributed by atoms with E-state index in [9.17, 15) is 14.4 Å². The summed E-state index contributed by atoms with van der Waals surface area (Å²) in [4.78, 5) is 38.3. The molecule has 140 valence electrons. The number of nitrogens with zero attached hydrogens (tertiary/aromatic N) is 1. The second-order valence-electron chi connectivity index (χ2n) is 6.70. The van der Waals surface area contributed by atoms with Gasteiger partial charge in [0.25, 0.3) is 11.8 Å². The summed E-state index contributed by atoms with van der Waals surface area (Å²) >= 11 is 0. The number of hydrogen-bond acceptors (Lipinski definition) is 3. The number of hydrazine groups is 1. The third-order valence-electron chi connectivity index (χ3n) is 5.11. The molecule has 1 heterocycles. The molecule has 0 spiro atoms. The van der Waals surface area contributed by atoms with Crippen molar-refractivity contribution in [3.8, 4) is 0 Å². The lowest BCUT2D eigenvalue weighted by molar-refractivity contribution is -0.133. The van der Waals surface area contributed by atoms with Gasteiger partial charge < -0.3 is 5.32 Å².